The molecule has 1 aliphatic heterocycles. The minimum atomic E-state index is -1.31. The van der Waals surface area contributed by atoms with Gasteiger partial charge in [0.15, 0.2) is 5.78 Å². The summed E-state index contributed by atoms with van der Waals surface area (Å²) in [5, 5.41) is 10.5. The van der Waals surface area contributed by atoms with Crippen LogP contribution in [0.4, 0.5) is 0 Å². The van der Waals surface area contributed by atoms with Gasteiger partial charge in [-0.15, -0.1) is 0 Å². The molecule has 1 fully saturated rings. The maximum Gasteiger partial charge on any atom is 0.167 e. The fourth-order valence-electron chi connectivity index (χ4n) is 3.35. The van der Waals surface area contributed by atoms with Crippen molar-refractivity contribution in [2.45, 2.75) is 31.5 Å². The molecule has 2 atom stereocenters. The molecule has 0 amide bonds. The molecule has 2 aromatic rings. The fourth-order valence-corrected chi connectivity index (χ4v) is 3.35. The van der Waals surface area contributed by atoms with E-state index in [-0.39, 0.29) is 18.2 Å². The molecule has 1 heterocycles. The van der Waals surface area contributed by atoms with Crippen LogP contribution in [-0.4, -0.2) is 35.0 Å². The quantitative estimate of drug-likeness (QED) is 0.939. The molecular formula is C20H23NO3. The number of carbonyl (C=O) groups excluding carboxylic acids is 1. The summed E-state index contributed by atoms with van der Waals surface area (Å²) in [6, 6.07) is 17.8. The van der Waals surface area contributed by atoms with Crippen molar-refractivity contribution in [3.8, 4) is 5.75 Å². The molecule has 4 nitrogen and oxygen atoms in total. The first-order valence-electron chi connectivity index (χ1n) is 8.18. The topological polar surface area (TPSA) is 49.8 Å². The molecule has 0 spiro atoms. The number of rotatable bonds is 4. The van der Waals surface area contributed by atoms with E-state index in [0.29, 0.717) is 13.1 Å². The second-order valence-corrected chi connectivity index (χ2v) is 6.55. The number of benzene rings is 2. The van der Waals surface area contributed by atoms with Crippen LogP contribution in [0.25, 0.3) is 0 Å². The Bertz CT molecular complexity index is 712. The van der Waals surface area contributed by atoms with Crippen molar-refractivity contribution in [3.63, 3.8) is 0 Å². The fraction of sp³-hybridized carbons (Fsp3) is 0.350. The van der Waals surface area contributed by atoms with Crippen molar-refractivity contribution in [2.24, 2.45) is 0 Å². The van der Waals surface area contributed by atoms with E-state index in [0.717, 1.165) is 16.9 Å². The highest BCUT2D eigenvalue weighted by atomic mass is 16.5. The Balaban J connectivity index is 1.95. The van der Waals surface area contributed by atoms with E-state index in [1.807, 2.05) is 42.5 Å². The van der Waals surface area contributed by atoms with Crippen molar-refractivity contribution < 1.29 is 14.6 Å². The molecule has 3 rings (SSSR count). The standard InChI is InChI=1S/C20H23NO3/c1-20(23)14-21(13-15-8-4-3-5-9-15)17(12-19(20)22)16-10-6-7-11-18(16)24-2/h3-11,17,23H,12-14H2,1-2H3/t17-,20+/m0/s1. The smallest absolute Gasteiger partial charge is 0.167 e. The van der Waals surface area contributed by atoms with Gasteiger partial charge in [-0.1, -0.05) is 48.5 Å². The van der Waals surface area contributed by atoms with Crippen LogP contribution in [0.3, 0.4) is 0 Å². The number of carbonyl (C=O) groups is 1. The predicted octanol–water partition coefficient (Wildman–Crippen LogP) is 2.96. The molecule has 0 aromatic heterocycles. The third-order valence-corrected chi connectivity index (χ3v) is 4.66. The van der Waals surface area contributed by atoms with Gasteiger partial charge in [0.2, 0.25) is 0 Å². The van der Waals surface area contributed by atoms with Gasteiger partial charge in [0.1, 0.15) is 11.4 Å². The molecule has 0 aliphatic carbocycles. The zero-order valence-electron chi connectivity index (χ0n) is 14.1. The summed E-state index contributed by atoms with van der Waals surface area (Å²) in [5.41, 5.74) is 0.829. The molecule has 0 radical (unpaired) electrons. The first-order chi connectivity index (χ1) is 11.5. The van der Waals surface area contributed by atoms with Crippen LogP contribution < -0.4 is 4.74 Å². The van der Waals surface area contributed by atoms with Crippen LogP contribution in [0.15, 0.2) is 54.6 Å². The van der Waals surface area contributed by atoms with Gasteiger partial charge >= 0.3 is 0 Å². The molecule has 4 heteroatoms. The number of piperidine rings is 1. The van der Waals surface area contributed by atoms with Crippen molar-refractivity contribution in [3.05, 3.63) is 65.7 Å². The highest BCUT2D eigenvalue weighted by molar-refractivity contribution is 5.88. The number of ether oxygens (including phenoxy) is 1. The van der Waals surface area contributed by atoms with Gasteiger partial charge < -0.3 is 9.84 Å². The Morgan fingerprint density at radius 2 is 1.83 bits per heavy atom. The Morgan fingerprint density at radius 3 is 2.54 bits per heavy atom. The molecule has 0 saturated carbocycles. The summed E-state index contributed by atoms with van der Waals surface area (Å²) in [4.78, 5) is 14.5. The minimum Gasteiger partial charge on any atom is -0.496 e. The lowest BCUT2D eigenvalue weighted by atomic mass is 9.85. The largest absolute Gasteiger partial charge is 0.496 e. The van der Waals surface area contributed by atoms with Gasteiger partial charge in [-0.2, -0.15) is 0 Å². The number of hydrogen-bond donors (Lipinski definition) is 1. The molecular weight excluding hydrogens is 302 g/mol. The van der Waals surface area contributed by atoms with Crippen LogP contribution in [0.1, 0.15) is 30.5 Å². The number of nitrogens with zero attached hydrogens (tertiary/aromatic N) is 1. The maximum absolute atomic E-state index is 12.4. The molecule has 0 bridgehead atoms. The number of aliphatic hydroxyl groups is 1. The van der Waals surface area contributed by atoms with Crippen LogP contribution >= 0.6 is 0 Å². The first kappa shape index (κ1) is 16.7. The number of hydrogen-bond acceptors (Lipinski definition) is 4. The third-order valence-electron chi connectivity index (χ3n) is 4.66. The predicted molar refractivity (Wildman–Crippen MR) is 92.8 cm³/mol. The Labute approximate surface area is 142 Å². The Morgan fingerprint density at radius 1 is 1.17 bits per heavy atom. The summed E-state index contributed by atoms with van der Waals surface area (Å²) in [6.07, 6.45) is 0.278. The minimum absolute atomic E-state index is 0.103. The molecule has 1 aliphatic rings. The summed E-state index contributed by atoms with van der Waals surface area (Å²) in [7, 11) is 1.64. The Hall–Kier alpha value is -2.17. The molecule has 1 N–H and O–H groups in total. The average molecular weight is 325 g/mol. The van der Waals surface area contributed by atoms with Gasteiger partial charge in [0.05, 0.1) is 7.11 Å². The SMILES string of the molecule is COc1ccccc1[C@@H]1CC(=O)[C@](C)(O)CN1Cc1ccccc1. The average Bonchev–Trinajstić information content (AvgIpc) is 2.58. The summed E-state index contributed by atoms with van der Waals surface area (Å²) in [5.74, 6) is 0.651. The van der Waals surface area contributed by atoms with Crippen molar-refractivity contribution >= 4 is 5.78 Å². The van der Waals surface area contributed by atoms with E-state index in [4.69, 9.17) is 4.74 Å². The lowest BCUT2D eigenvalue weighted by molar-refractivity contribution is -0.146. The molecule has 126 valence electrons. The lowest BCUT2D eigenvalue weighted by Gasteiger charge is -2.42. The molecule has 1 saturated heterocycles. The number of ketones is 1. The third kappa shape index (κ3) is 3.35. The van der Waals surface area contributed by atoms with E-state index in [1.165, 1.54) is 0 Å². The summed E-state index contributed by atoms with van der Waals surface area (Å²) < 4.78 is 5.48. The number of likely N-dealkylation sites (tertiary alicyclic amines) is 1. The second-order valence-electron chi connectivity index (χ2n) is 6.55. The highest BCUT2D eigenvalue weighted by Crippen LogP contribution is 2.38. The van der Waals surface area contributed by atoms with Gasteiger partial charge in [-0.25, -0.2) is 0 Å². The first-order valence-corrected chi connectivity index (χ1v) is 8.18. The van der Waals surface area contributed by atoms with E-state index in [9.17, 15) is 9.90 Å². The number of β-amino-alcohol motifs (C(OH)–C–C–N with tert-alkyl or cyclic N) is 1. The van der Waals surface area contributed by atoms with Gasteiger partial charge in [0.25, 0.3) is 0 Å². The molecule has 2 aromatic carbocycles. The number of methoxy groups -OCH3 is 1. The Kier molecular flexibility index (Phi) is 4.69. The van der Waals surface area contributed by atoms with E-state index >= 15 is 0 Å². The zero-order chi connectivity index (χ0) is 17.2. The van der Waals surface area contributed by atoms with Gasteiger partial charge in [0, 0.05) is 31.1 Å². The normalized spacial score (nSPS) is 24.8. The monoisotopic (exact) mass is 325 g/mol. The van der Waals surface area contributed by atoms with Crippen molar-refractivity contribution in [1.82, 2.24) is 4.90 Å². The van der Waals surface area contributed by atoms with Crippen molar-refractivity contribution in [1.29, 1.82) is 0 Å². The van der Waals surface area contributed by atoms with E-state index < -0.39 is 5.60 Å². The van der Waals surface area contributed by atoms with Gasteiger partial charge in [-0.05, 0) is 18.6 Å². The number of Topliss-reactive ketones (excluding diaryl/α,β-unsaturated/α-hetero) is 1. The molecule has 24 heavy (non-hydrogen) atoms. The maximum atomic E-state index is 12.4. The summed E-state index contributed by atoms with van der Waals surface area (Å²) in [6.45, 7) is 2.59. The van der Waals surface area contributed by atoms with Gasteiger partial charge in [-0.3, -0.25) is 9.69 Å². The zero-order valence-corrected chi connectivity index (χ0v) is 14.1. The van der Waals surface area contributed by atoms with Crippen molar-refractivity contribution in [2.75, 3.05) is 13.7 Å². The van der Waals surface area contributed by atoms with Crippen LogP contribution in [0.2, 0.25) is 0 Å². The van der Waals surface area contributed by atoms with Crippen LogP contribution in [0, 0.1) is 0 Å². The van der Waals surface area contributed by atoms with E-state index in [1.54, 1.807) is 14.0 Å². The number of para-hydroxylation sites is 1. The van der Waals surface area contributed by atoms with E-state index in [2.05, 4.69) is 17.0 Å². The van der Waals surface area contributed by atoms with Crippen LogP contribution in [0.5, 0.6) is 5.75 Å². The lowest BCUT2D eigenvalue weighted by Crippen LogP contribution is -2.53. The highest BCUT2D eigenvalue weighted by Gasteiger charge is 2.42. The molecule has 0 unspecified atom stereocenters. The second kappa shape index (κ2) is 6.75. The van der Waals surface area contributed by atoms with Crippen LogP contribution in [-0.2, 0) is 11.3 Å². The summed E-state index contributed by atoms with van der Waals surface area (Å²) >= 11 is 0.